The first-order chi connectivity index (χ1) is 7.26. The number of amides is 1. The van der Waals surface area contributed by atoms with E-state index < -0.39 is 0 Å². The lowest BCUT2D eigenvalue weighted by Gasteiger charge is -2.12. The van der Waals surface area contributed by atoms with Crippen LogP contribution in [0.25, 0.3) is 0 Å². The summed E-state index contributed by atoms with van der Waals surface area (Å²) < 4.78 is 0. The van der Waals surface area contributed by atoms with Crippen molar-refractivity contribution in [3.8, 4) is 0 Å². The summed E-state index contributed by atoms with van der Waals surface area (Å²) in [6.07, 6.45) is 6.31. The predicted octanol–water partition coefficient (Wildman–Crippen LogP) is 1.39. The SMILES string of the molecule is CCNCCC(=O)NC1CCC(SC)C1. The molecule has 0 aromatic carbocycles. The van der Waals surface area contributed by atoms with Gasteiger partial charge in [0.25, 0.3) is 0 Å². The van der Waals surface area contributed by atoms with Gasteiger partial charge in [-0.15, -0.1) is 0 Å². The van der Waals surface area contributed by atoms with E-state index in [0.29, 0.717) is 12.5 Å². The van der Waals surface area contributed by atoms with Gasteiger partial charge in [-0.2, -0.15) is 11.8 Å². The highest BCUT2D eigenvalue weighted by atomic mass is 32.2. The Morgan fingerprint density at radius 2 is 2.27 bits per heavy atom. The summed E-state index contributed by atoms with van der Waals surface area (Å²) >= 11 is 1.92. The fourth-order valence-electron chi connectivity index (χ4n) is 1.96. The van der Waals surface area contributed by atoms with Crippen molar-refractivity contribution in [1.82, 2.24) is 10.6 Å². The second kappa shape index (κ2) is 7.12. The minimum Gasteiger partial charge on any atom is -0.353 e. The largest absolute Gasteiger partial charge is 0.353 e. The normalized spacial score (nSPS) is 25.5. The van der Waals surface area contributed by atoms with Gasteiger partial charge in [-0.05, 0) is 32.1 Å². The second-order valence-corrected chi connectivity index (χ2v) is 5.18. The molecule has 1 rings (SSSR count). The Balaban J connectivity index is 2.10. The van der Waals surface area contributed by atoms with Crippen LogP contribution in [0.3, 0.4) is 0 Å². The number of nitrogens with one attached hydrogen (secondary N) is 2. The monoisotopic (exact) mass is 230 g/mol. The Labute approximate surface area is 96.8 Å². The Kier molecular flexibility index (Phi) is 6.10. The zero-order valence-corrected chi connectivity index (χ0v) is 10.5. The number of thioether (sulfide) groups is 1. The van der Waals surface area contributed by atoms with Crippen LogP contribution >= 0.6 is 11.8 Å². The Morgan fingerprint density at radius 3 is 2.87 bits per heavy atom. The van der Waals surface area contributed by atoms with Crippen LogP contribution in [0.4, 0.5) is 0 Å². The predicted molar refractivity (Wildman–Crippen MR) is 66.2 cm³/mol. The zero-order valence-electron chi connectivity index (χ0n) is 9.71. The molecule has 4 heteroatoms. The van der Waals surface area contributed by atoms with Crippen LogP contribution in [-0.2, 0) is 4.79 Å². The molecule has 0 aromatic rings. The number of carbonyl (C=O) groups is 1. The van der Waals surface area contributed by atoms with Crippen LogP contribution in [0.15, 0.2) is 0 Å². The standard InChI is InChI=1S/C11H22N2OS/c1-3-12-7-6-11(14)13-9-4-5-10(8-9)15-2/h9-10,12H,3-8H2,1-2H3,(H,13,14). The molecule has 1 fully saturated rings. The first-order valence-corrected chi connectivity index (χ1v) is 7.08. The lowest BCUT2D eigenvalue weighted by Crippen LogP contribution is -2.34. The number of carbonyl (C=O) groups excluding carboxylic acids is 1. The molecule has 3 nitrogen and oxygen atoms in total. The number of hydrogen-bond donors (Lipinski definition) is 2. The summed E-state index contributed by atoms with van der Waals surface area (Å²) in [4.78, 5) is 11.5. The Bertz CT molecular complexity index is 199. The van der Waals surface area contributed by atoms with Crippen LogP contribution in [0.2, 0.25) is 0 Å². The minimum absolute atomic E-state index is 0.197. The molecule has 2 N–H and O–H groups in total. The summed E-state index contributed by atoms with van der Waals surface area (Å²) in [7, 11) is 0. The highest BCUT2D eigenvalue weighted by molar-refractivity contribution is 7.99. The van der Waals surface area contributed by atoms with Crippen molar-refractivity contribution < 1.29 is 4.79 Å². The fraction of sp³-hybridized carbons (Fsp3) is 0.909. The van der Waals surface area contributed by atoms with Gasteiger partial charge in [-0.1, -0.05) is 6.92 Å². The lowest BCUT2D eigenvalue weighted by molar-refractivity contribution is -0.121. The van der Waals surface area contributed by atoms with Crippen molar-refractivity contribution >= 4 is 17.7 Å². The summed E-state index contributed by atoms with van der Waals surface area (Å²) in [5.74, 6) is 0.197. The molecule has 2 atom stereocenters. The number of hydrogen-bond acceptors (Lipinski definition) is 3. The molecule has 2 unspecified atom stereocenters. The van der Waals surface area contributed by atoms with Gasteiger partial charge < -0.3 is 10.6 Å². The average Bonchev–Trinajstić information content (AvgIpc) is 2.66. The first kappa shape index (κ1) is 12.8. The van der Waals surface area contributed by atoms with Gasteiger partial charge in [0.1, 0.15) is 0 Å². The van der Waals surface area contributed by atoms with E-state index >= 15 is 0 Å². The van der Waals surface area contributed by atoms with E-state index in [9.17, 15) is 4.79 Å². The van der Waals surface area contributed by atoms with E-state index in [2.05, 4.69) is 23.8 Å². The average molecular weight is 230 g/mol. The molecule has 0 radical (unpaired) electrons. The Morgan fingerprint density at radius 1 is 1.47 bits per heavy atom. The molecule has 1 aliphatic rings. The maximum absolute atomic E-state index is 11.5. The summed E-state index contributed by atoms with van der Waals surface area (Å²) in [5, 5.41) is 7.02. The summed E-state index contributed by atoms with van der Waals surface area (Å²) in [6, 6.07) is 0.427. The summed E-state index contributed by atoms with van der Waals surface area (Å²) in [5.41, 5.74) is 0. The number of rotatable bonds is 6. The smallest absolute Gasteiger partial charge is 0.221 e. The summed E-state index contributed by atoms with van der Waals surface area (Å²) in [6.45, 7) is 3.78. The third kappa shape index (κ3) is 4.89. The zero-order chi connectivity index (χ0) is 11.1. The third-order valence-corrected chi connectivity index (χ3v) is 3.96. The van der Waals surface area contributed by atoms with Gasteiger partial charge >= 0.3 is 0 Å². The van der Waals surface area contributed by atoms with Gasteiger partial charge in [0.15, 0.2) is 0 Å². The van der Waals surface area contributed by atoms with E-state index in [-0.39, 0.29) is 5.91 Å². The van der Waals surface area contributed by atoms with Gasteiger partial charge in [0.2, 0.25) is 5.91 Å². The molecule has 0 heterocycles. The van der Waals surface area contributed by atoms with Crippen LogP contribution in [0.1, 0.15) is 32.6 Å². The van der Waals surface area contributed by atoms with Gasteiger partial charge in [-0.25, -0.2) is 0 Å². The maximum atomic E-state index is 11.5. The van der Waals surface area contributed by atoms with E-state index in [1.54, 1.807) is 0 Å². The minimum atomic E-state index is 0.197. The molecule has 0 aliphatic heterocycles. The molecule has 15 heavy (non-hydrogen) atoms. The van der Waals surface area contributed by atoms with E-state index in [0.717, 1.165) is 31.2 Å². The van der Waals surface area contributed by atoms with E-state index in [4.69, 9.17) is 0 Å². The molecular formula is C11H22N2OS. The lowest BCUT2D eigenvalue weighted by atomic mass is 10.2. The van der Waals surface area contributed by atoms with Crippen LogP contribution < -0.4 is 10.6 Å². The Hall–Kier alpha value is -0.220. The van der Waals surface area contributed by atoms with Crippen molar-refractivity contribution in [1.29, 1.82) is 0 Å². The van der Waals surface area contributed by atoms with Crippen molar-refractivity contribution in [2.45, 2.75) is 43.9 Å². The molecule has 1 amide bonds. The van der Waals surface area contributed by atoms with Gasteiger partial charge in [-0.3, -0.25) is 4.79 Å². The molecule has 1 saturated carbocycles. The first-order valence-electron chi connectivity index (χ1n) is 5.79. The quantitative estimate of drug-likeness (QED) is 0.678. The molecule has 0 saturated heterocycles. The van der Waals surface area contributed by atoms with Gasteiger partial charge in [0, 0.05) is 24.3 Å². The van der Waals surface area contributed by atoms with Crippen LogP contribution in [0.5, 0.6) is 0 Å². The highest BCUT2D eigenvalue weighted by Crippen LogP contribution is 2.27. The molecule has 0 spiro atoms. The van der Waals surface area contributed by atoms with E-state index in [1.807, 2.05) is 11.8 Å². The van der Waals surface area contributed by atoms with Crippen molar-refractivity contribution in [3.05, 3.63) is 0 Å². The molecular weight excluding hydrogens is 208 g/mol. The van der Waals surface area contributed by atoms with Crippen molar-refractivity contribution in [2.75, 3.05) is 19.3 Å². The van der Waals surface area contributed by atoms with Crippen LogP contribution in [-0.4, -0.2) is 36.5 Å². The molecule has 0 bridgehead atoms. The van der Waals surface area contributed by atoms with Crippen molar-refractivity contribution in [3.63, 3.8) is 0 Å². The van der Waals surface area contributed by atoms with Crippen LogP contribution in [0, 0.1) is 0 Å². The molecule has 88 valence electrons. The van der Waals surface area contributed by atoms with Crippen molar-refractivity contribution in [2.24, 2.45) is 0 Å². The van der Waals surface area contributed by atoms with E-state index in [1.165, 1.54) is 6.42 Å². The maximum Gasteiger partial charge on any atom is 0.221 e. The topological polar surface area (TPSA) is 41.1 Å². The van der Waals surface area contributed by atoms with Gasteiger partial charge in [0.05, 0.1) is 0 Å². The third-order valence-electron chi connectivity index (χ3n) is 2.86. The fourth-order valence-corrected chi connectivity index (χ4v) is 2.76. The second-order valence-electron chi connectivity index (χ2n) is 4.04. The molecule has 1 aliphatic carbocycles. The highest BCUT2D eigenvalue weighted by Gasteiger charge is 2.24. The molecule has 0 aromatic heterocycles.